The van der Waals surface area contributed by atoms with Crippen molar-refractivity contribution in [2.24, 2.45) is 11.7 Å². The normalized spacial score (nSPS) is 20.2. The molecular weight excluding hydrogens is 242 g/mol. The quantitative estimate of drug-likeness (QED) is 0.796. The van der Waals surface area contributed by atoms with Crippen LogP contribution >= 0.6 is 0 Å². The van der Waals surface area contributed by atoms with Crippen LogP contribution in [-0.4, -0.2) is 47.7 Å². The Balaban J connectivity index is 1.88. The molecule has 0 bridgehead atoms. The minimum Gasteiger partial charge on any atom is -0.372 e. The van der Waals surface area contributed by atoms with Crippen molar-refractivity contribution in [1.82, 2.24) is 15.1 Å². The van der Waals surface area contributed by atoms with E-state index < -0.39 is 0 Å². The second kappa shape index (κ2) is 6.47. The molecule has 6 nitrogen and oxygen atoms in total. The zero-order valence-corrected chi connectivity index (χ0v) is 11.3. The maximum atomic E-state index is 11.0. The summed E-state index contributed by atoms with van der Waals surface area (Å²) in [5.74, 6) is 1.06. The van der Waals surface area contributed by atoms with E-state index in [0.717, 1.165) is 37.4 Å². The molecule has 1 aliphatic rings. The van der Waals surface area contributed by atoms with Gasteiger partial charge in [-0.3, -0.25) is 9.69 Å². The SMILES string of the molecule is CNc1ccc(C[C@@H]2CCCN(CC(N)=O)C2)nn1. The van der Waals surface area contributed by atoms with E-state index in [1.807, 2.05) is 19.2 Å². The Kier molecular flexibility index (Phi) is 4.68. The van der Waals surface area contributed by atoms with Gasteiger partial charge in [-0.05, 0) is 43.9 Å². The second-order valence-electron chi connectivity index (χ2n) is 5.07. The summed E-state index contributed by atoms with van der Waals surface area (Å²) < 4.78 is 0. The average Bonchev–Trinajstić information content (AvgIpc) is 2.39. The largest absolute Gasteiger partial charge is 0.372 e. The third-order valence-corrected chi connectivity index (χ3v) is 3.46. The number of nitrogens with one attached hydrogen (secondary N) is 1. The third-order valence-electron chi connectivity index (χ3n) is 3.46. The van der Waals surface area contributed by atoms with Crippen molar-refractivity contribution in [1.29, 1.82) is 0 Å². The first-order chi connectivity index (χ1) is 9.17. The minimum absolute atomic E-state index is 0.251. The molecule has 1 aliphatic heterocycles. The van der Waals surface area contributed by atoms with Gasteiger partial charge in [-0.15, -0.1) is 5.10 Å². The smallest absolute Gasteiger partial charge is 0.231 e. The zero-order valence-electron chi connectivity index (χ0n) is 11.3. The number of carbonyl (C=O) groups excluding carboxylic acids is 1. The molecule has 1 amide bonds. The molecular formula is C13H21N5O. The molecule has 0 spiro atoms. The lowest BCUT2D eigenvalue weighted by molar-refractivity contribution is -0.119. The summed E-state index contributed by atoms with van der Waals surface area (Å²) in [5.41, 5.74) is 6.25. The van der Waals surface area contributed by atoms with Crippen LogP contribution in [0.3, 0.4) is 0 Å². The van der Waals surface area contributed by atoms with Crippen LogP contribution in [0.5, 0.6) is 0 Å². The fourth-order valence-corrected chi connectivity index (χ4v) is 2.58. The number of primary amides is 1. The second-order valence-corrected chi connectivity index (χ2v) is 5.07. The number of likely N-dealkylation sites (tertiary alicyclic amines) is 1. The number of nitrogens with zero attached hydrogens (tertiary/aromatic N) is 3. The summed E-state index contributed by atoms with van der Waals surface area (Å²) in [6, 6.07) is 3.94. The number of anilines is 1. The highest BCUT2D eigenvalue weighted by Crippen LogP contribution is 2.19. The van der Waals surface area contributed by atoms with Crippen molar-refractivity contribution < 1.29 is 4.79 Å². The molecule has 3 N–H and O–H groups in total. The number of rotatable bonds is 5. The van der Waals surface area contributed by atoms with E-state index >= 15 is 0 Å². The fourth-order valence-electron chi connectivity index (χ4n) is 2.58. The van der Waals surface area contributed by atoms with E-state index in [9.17, 15) is 4.79 Å². The standard InChI is InChI=1S/C13H21N5O/c1-15-13-5-4-11(16-17-13)7-10-3-2-6-18(8-10)9-12(14)19/h4-5,10H,2-3,6-9H2,1H3,(H2,14,19)(H,15,17)/t10-/m0/s1. The van der Waals surface area contributed by atoms with Crippen LogP contribution in [0.2, 0.25) is 0 Å². The molecule has 0 radical (unpaired) electrons. The van der Waals surface area contributed by atoms with E-state index in [0.29, 0.717) is 12.5 Å². The van der Waals surface area contributed by atoms with Crippen molar-refractivity contribution in [3.63, 3.8) is 0 Å². The van der Waals surface area contributed by atoms with Gasteiger partial charge in [0, 0.05) is 13.6 Å². The molecule has 2 rings (SSSR count). The summed E-state index contributed by atoms with van der Waals surface area (Å²) in [5, 5.41) is 11.2. The van der Waals surface area contributed by atoms with Crippen LogP contribution in [0.1, 0.15) is 18.5 Å². The van der Waals surface area contributed by atoms with Gasteiger partial charge in [0.05, 0.1) is 12.2 Å². The fraction of sp³-hybridized carbons (Fsp3) is 0.615. The number of aromatic nitrogens is 2. The molecule has 1 saturated heterocycles. The van der Waals surface area contributed by atoms with Crippen molar-refractivity contribution in [3.8, 4) is 0 Å². The number of nitrogens with two attached hydrogens (primary N) is 1. The van der Waals surface area contributed by atoms with Gasteiger partial charge in [0.2, 0.25) is 5.91 Å². The number of amides is 1. The highest BCUT2D eigenvalue weighted by molar-refractivity contribution is 5.75. The summed E-state index contributed by atoms with van der Waals surface area (Å²) in [4.78, 5) is 13.1. The molecule has 1 fully saturated rings. The van der Waals surface area contributed by atoms with Gasteiger partial charge in [-0.2, -0.15) is 5.10 Å². The minimum atomic E-state index is -0.251. The van der Waals surface area contributed by atoms with E-state index in [1.165, 1.54) is 6.42 Å². The van der Waals surface area contributed by atoms with Gasteiger partial charge in [0.15, 0.2) is 0 Å². The molecule has 1 aromatic heterocycles. The van der Waals surface area contributed by atoms with Crippen LogP contribution in [0.25, 0.3) is 0 Å². The predicted octanol–water partition coefficient (Wildman–Crippen LogP) is 0.258. The van der Waals surface area contributed by atoms with Gasteiger partial charge in [-0.1, -0.05) is 0 Å². The van der Waals surface area contributed by atoms with E-state index in [2.05, 4.69) is 20.4 Å². The Morgan fingerprint density at radius 3 is 3.00 bits per heavy atom. The predicted molar refractivity (Wildman–Crippen MR) is 73.6 cm³/mol. The average molecular weight is 263 g/mol. The molecule has 104 valence electrons. The van der Waals surface area contributed by atoms with Crippen molar-refractivity contribution in [2.45, 2.75) is 19.3 Å². The summed E-state index contributed by atoms with van der Waals surface area (Å²) in [6.45, 7) is 2.24. The van der Waals surface area contributed by atoms with Gasteiger partial charge in [0.1, 0.15) is 5.82 Å². The first-order valence-corrected chi connectivity index (χ1v) is 6.68. The Bertz CT molecular complexity index is 420. The molecule has 6 heteroatoms. The maximum Gasteiger partial charge on any atom is 0.231 e. The highest BCUT2D eigenvalue weighted by Gasteiger charge is 2.21. The van der Waals surface area contributed by atoms with Crippen LogP contribution in [-0.2, 0) is 11.2 Å². The molecule has 0 unspecified atom stereocenters. The number of hydrogen-bond donors (Lipinski definition) is 2. The van der Waals surface area contributed by atoms with Crippen molar-refractivity contribution in [2.75, 3.05) is 32.0 Å². The lowest BCUT2D eigenvalue weighted by atomic mass is 9.93. The Morgan fingerprint density at radius 2 is 2.37 bits per heavy atom. The van der Waals surface area contributed by atoms with Crippen LogP contribution in [0.4, 0.5) is 5.82 Å². The van der Waals surface area contributed by atoms with Crippen molar-refractivity contribution in [3.05, 3.63) is 17.8 Å². The number of piperidine rings is 1. The summed E-state index contributed by atoms with van der Waals surface area (Å²) in [7, 11) is 1.83. The van der Waals surface area contributed by atoms with Crippen molar-refractivity contribution >= 4 is 11.7 Å². The van der Waals surface area contributed by atoms with E-state index in [-0.39, 0.29) is 5.91 Å². The van der Waals surface area contributed by atoms with Gasteiger partial charge < -0.3 is 11.1 Å². The number of hydrogen-bond acceptors (Lipinski definition) is 5. The van der Waals surface area contributed by atoms with Crippen LogP contribution in [0, 0.1) is 5.92 Å². The molecule has 0 saturated carbocycles. The van der Waals surface area contributed by atoms with Crippen LogP contribution < -0.4 is 11.1 Å². The maximum absolute atomic E-state index is 11.0. The zero-order chi connectivity index (χ0) is 13.7. The Labute approximate surface area is 113 Å². The molecule has 1 atom stereocenters. The van der Waals surface area contributed by atoms with E-state index in [1.54, 1.807) is 0 Å². The lowest BCUT2D eigenvalue weighted by Gasteiger charge is -2.31. The topological polar surface area (TPSA) is 84.1 Å². The van der Waals surface area contributed by atoms with Gasteiger partial charge in [-0.25, -0.2) is 0 Å². The Hall–Kier alpha value is -1.69. The lowest BCUT2D eigenvalue weighted by Crippen LogP contribution is -2.41. The van der Waals surface area contributed by atoms with E-state index in [4.69, 9.17) is 5.73 Å². The van der Waals surface area contributed by atoms with Crippen LogP contribution in [0.15, 0.2) is 12.1 Å². The Morgan fingerprint density at radius 1 is 1.53 bits per heavy atom. The molecule has 0 aliphatic carbocycles. The summed E-state index contributed by atoms with van der Waals surface area (Å²) >= 11 is 0. The monoisotopic (exact) mass is 263 g/mol. The molecule has 1 aromatic rings. The first-order valence-electron chi connectivity index (χ1n) is 6.68. The molecule has 0 aromatic carbocycles. The van der Waals surface area contributed by atoms with Gasteiger partial charge in [0.25, 0.3) is 0 Å². The molecule has 19 heavy (non-hydrogen) atoms. The first kappa shape index (κ1) is 13.7. The third kappa shape index (κ3) is 4.17. The van der Waals surface area contributed by atoms with Gasteiger partial charge >= 0.3 is 0 Å². The number of carbonyl (C=O) groups is 1. The molecule has 2 heterocycles. The highest BCUT2D eigenvalue weighted by atomic mass is 16.1. The summed E-state index contributed by atoms with van der Waals surface area (Å²) in [6.07, 6.45) is 3.19.